The monoisotopic (exact) mass is 424 g/mol. The SMILES string of the molecule is CC[C@H]1CCCCN1c1ccc([N+](=O)[O-])cc1/C=N\NC(=O)COc1ccc(C)cc1. The quantitative estimate of drug-likeness (QED) is 0.389. The minimum Gasteiger partial charge on any atom is -0.484 e. The molecular formula is C23H28N4O4. The van der Waals surface area contributed by atoms with Gasteiger partial charge in [-0.05, 0) is 50.8 Å². The first-order valence-corrected chi connectivity index (χ1v) is 10.5. The summed E-state index contributed by atoms with van der Waals surface area (Å²) >= 11 is 0. The van der Waals surface area contributed by atoms with E-state index >= 15 is 0 Å². The molecule has 1 atom stereocenters. The number of anilines is 1. The molecule has 1 heterocycles. The van der Waals surface area contributed by atoms with Gasteiger partial charge in [-0.25, -0.2) is 5.43 Å². The first kappa shape index (κ1) is 22.3. The van der Waals surface area contributed by atoms with E-state index in [-0.39, 0.29) is 12.3 Å². The van der Waals surface area contributed by atoms with Gasteiger partial charge in [-0.1, -0.05) is 24.6 Å². The maximum absolute atomic E-state index is 12.1. The molecule has 1 aliphatic rings. The minimum atomic E-state index is -0.428. The molecule has 2 aromatic carbocycles. The number of amides is 1. The number of piperidine rings is 1. The average Bonchev–Trinajstić information content (AvgIpc) is 2.78. The van der Waals surface area contributed by atoms with Gasteiger partial charge in [-0.3, -0.25) is 14.9 Å². The van der Waals surface area contributed by atoms with E-state index < -0.39 is 10.8 Å². The Balaban J connectivity index is 1.70. The van der Waals surface area contributed by atoms with E-state index in [0.717, 1.165) is 37.1 Å². The average molecular weight is 425 g/mol. The highest BCUT2D eigenvalue weighted by molar-refractivity contribution is 5.90. The van der Waals surface area contributed by atoms with Crippen molar-refractivity contribution in [3.05, 3.63) is 63.7 Å². The van der Waals surface area contributed by atoms with Crippen LogP contribution >= 0.6 is 0 Å². The Morgan fingerprint density at radius 1 is 1.29 bits per heavy atom. The first-order valence-electron chi connectivity index (χ1n) is 10.5. The zero-order valence-electron chi connectivity index (χ0n) is 17.9. The number of hydrogen-bond donors (Lipinski definition) is 1. The molecule has 0 aliphatic carbocycles. The smallest absolute Gasteiger partial charge is 0.277 e. The van der Waals surface area contributed by atoms with Gasteiger partial charge in [0.05, 0.1) is 11.1 Å². The molecule has 0 saturated carbocycles. The fraction of sp³-hybridized carbons (Fsp3) is 0.391. The molecule has 1 aliphatic heterocycles. The van der Waals surface area contributed by atoms with Crippen LogP contribution in [0, 0.1) is 17.0 Å². The molecule has 0 spiro atoms. The molecule has 0 aromatic heterocycles. The highest BCUT2D eigenvalue weighted by Crippen LogP contribution is 2.31. The van der Waals surface area contributed by atoms with Crippen molar-refractivity contribution in [2.45, 2.75) is 45.6 Å². The maximum Gasteiger partial charge on any atom is 0.277 e. The number of nitro groups is 1. The molecule has 0 unspecified atom stereocenters. The number of nitrogens with zero attached hydrogens (tertiary/aromatic N) is 3. The summed E-state index contributed by atoms with van der Waals surface area (Å²) in [5.41, 5.74) is 5.03. The van der Waals surface area contributed by atoms with Gasteiger partial charge < -0.3 is 9.64 Å². The third-order valence-electron chi connectivity index (χ3n) is 5.41. The Morgan fingerprint density at radius 3 is 2.77 bits per heavy atom. The lowest BCUT2D eigenvalue weighted by Gasteiger charge is -2.38. The number of nitro benzene ring substituents is 1. The van der Waals surface area contributed by atoms with Crippen LogP contribution in [-0.4, -0.2) is 36.2 Å². The summed E-state index contributed by atoms with van der Waals surface area (Å²) in [7, 11) is 0. The molecule has 1 N–H and O–H groups in total. The number of hydrogen-bond acceptors (Lipinski definition) is 6. The molecule has 1 fully saturated rings. The predicted octanol–water partition coefficient (Wildman–Crippen LogP) is 4.20. The Bertz CT molecular complexity index is 943. The molecule has 8 heteroatoms. The molecule has 1 amide bonds. The summed E-state index contributed by atoms with van der Waals surface area (Å²) in [5, 5.41) is 15.3. The number of aryl methyl sites for hydroxylation is 1. The zero-order valence-corrected chi connectivity index (χ0v) is 17.9. The molecule has 3 rings (SSSR count). The van der Waals surface area contributed by atoms with E-state index in [4.69, 9.17) is 4.74 Å². The second-order valence-electron chi connectivity index (χ2n) is 7.65. The summed E-state index contributed by atoms with van der Waals surface area (Å²) in [6.45, 7) is 4.84. The standard InChI is InChI=1S/C23H28N4O4/c1-3-19-6-4-5-13-26(19)22-12-9-20(27(29)30)14-18(22)15-24-25-23(28)16-31-21-10-7-17(2)8-11-21/h7-12,14-15,19H,3-6,13,16H2,1-2H3,(H,25,28)/b24-15-/t19-/m0/s1. The number of ether oxygens (including phenoxy) is 1. The van der Waals surface area contributed by atoms with Crippen molar-refractivity contribution in [2.24, 2.45) is 5.10 Å². The lowest BCUT2D eigenvalue weighted by atomic mass is 9.98. The van der Waals surface area contributed by atoms with Crippen LogP contribution < -0.4 is 15.1 Å². The summed E-state index contributed by atoms with van der Waals surface area (Å²) in [6.07, 6.45) is 5.82. The summed E-state index contributed by atoms with van der Waals surface area (Å²) in [6, 6.07) is 12.6. The van der Waals surface area contributed by atoms with Crippen molar-refractivity contribution in [3.8, 4) is 5.75 Å². The van der Waals surface area contributed by atoms with Crippen molar-refractivity contribution < 1.29 is 14.5 Å². The second kappa shape index (κ2) is 10.6. The van der Waals surface area contributed by atoms with Crippen LogP contribution in [-0.2, 0) is 4.79 Å². The van der Waals surface area contributed by atoms with Crippen LogP contribution in [0.4, 0.5) is 11.4 Å². The Kier molecular flexibility index (Phi) is 7.59. The van der Waals surface area contributed by atoms with E-state index in [1.54, 1.807) is 18.2 Å². The van der Waals surface area contributed by atoms with Crippen molar-refractivity contribution in [3.63, 3.8) is 0 Å². The number of carbonyl (C=O) groups is 1. The van der Waals surface area contributed by atoms with Gasteiger partial charge in [0.1, 0.15) is 5.75 Å². The lowest BCUT2D eigenvalue weighted by Crippen LogP contribution is -2.39. The van der Waals surface area contributed by atoms with Crippen molar-refractivity contribution in [1.29, 1.82) is 0 Å². The Labute approximate surface area is 182 Å². The molecule has 31 heavy (non-hydrogen) atoms. The number of non-ortho nitro benzene ring substituents is 1. The van der Waals surface area contributed by atoms with E-state index in [9.17, 15) is 14.9 Å². The van der Waals surface area contributed by atoms with Crippen LogP contribution in [0.1, 0.15) is 43.7 Å². The zero-order chi connectivity index (χ0) is 22.2. The lowest BCUT2D eigenvalue weighted by molar-refractivity contribution is -0.384. The minimum absolute atomic E-state index is 0.00992. The van der Waals surface area contributed by atoms with Crippen LogP contribution in [0.15, 0.2) is 47.6 Å². The molecule has 8 nitrogen and oxygen atoms in total. The Hall–Kier alpha value is -3.42. The Morgan fingerprint density at radius 2 is 2.06 bits per heavy atom. The summed E-state index contributed by atoms with van der Waals surface area (Å²) in [4.78, 5) is 25.2. The van der Waals surface area contributed by atoms with Gasteiger partial charge in [-0.15, -0.1) is 0 Å². The molecule has 2 aromatic rings. The van der Waals surface area contributed by atoms with Gasteiger partial charge in [0.15, 0.2) is 6.61 Å². The van der Waals surface area contributed by atoms with Crippen LogP contribution in [0.5, 0.6) is 5.75 Å². The van der Waals surface area contributed by atoms with Crippen molar-refractivity contribution in [1.82, 2.24) is 5.43 Å². The number of carbonyl (C=O) groups excluding carboxylic acids is 1. The maximum atomic E-state index is 12.1. The van der Waals surface area contributed by atoms with Crippen molar-refractivity contribution in [2.75, 3.05) is 18.1 Å². The number of benzene rings is 2. The van der Waals surface area contributed by atoms with Gasteiger partial charge in [0, 0.05) is 36.0 Å². The van der Waals surface area contributed by atoms with Crippen LogP contribution in [0.25, 0.3) is 0 Å². The number of hydrazone groups is 1. The van der Waals surface area contributed by atoms with Gasteiger partial charge in [0.2, 0.25) is 0 Å². The fourth-order valence-corrected chi connectivity index (χ4v) is 3.75. The first-order chi connectivity index (χ1) is 15.0. The van der Waals surface area contributed by atoms with Crippen LogP contribution in [0.2, 0.25) is 0 Å². The molecule has 0 radical (unpaired) electrons. The predicted molar refractivity (Wildman–Crippen MR) is 121 cm³/mol. The van der Waals surface area contributed by atoms with Crippen LogP contribution in [0.3, 0.4) is 0 Å². The fourth-order valence-electron chi connectivity index (χ4n) is 3.75. The highest BCUT2D eigenvalue weighted by atomic mass is 16.6. The molecular weight excluding hydrogens is 396 g/mol. The summed E-state index contributed by atoms with van der Waals surface area (Å²) in [5.74, 6) is 0.189. The normalized spacial score (nSPS) is 16.3. The van der Waals surface area contributed by atoms with Crippen molar-refractivity contribution >= 4 is 23.5 Å². The van der Waals surface area contributed by atoms with Gasteiger partial charge >= 0.3 is 0 Å². The third-order valence-corrected chi connectivity index (χ3v) is 5.41. The second-order valence-corrected chi connectivity index (χ2v) is 7.65. The highest BCUT2D eigenvalue weighted by Gasteiger charge is 2.24. The largest absolute Gasteiger partial charge is 0.484 e. The van der Waals surface area contributed by atoms with E-state index in [0.29, 0.717) is 17.4 Å². The molecule has 0 bridgehead atoms. The molecule has 1 saturated heterocycles. The summed E-state index contributed by atoms with van der Waals surface area (Å²) < 4.78 is 5.44. The van der Waals surface area contributed by atoms with Gasteiger partial charge in [-0.2, -0.15) is 5.10 Å². The molecule has 164 valence electrons. The van der Waals surface area contributed by atoms with E-state index in [1.165, 1.54) is 24.8 Å². The van der Waals surface area contributed by atoms with E-state index in [2.05, 4.69) is 22.4 Å². The van der Waals surface area contributed by atoms with E-state index in [1.807, 2.05) is 19.1 Å². The third kappa shape index (κ3) is 6.04. The number of nitrogens with one attached hydrogen (secondary N) is 1. The van der Waals surface area contributed by atoms with Gasteiger partial charge in [0.25, 0.3) is 11.6 Å². The number of rotatable bonds is 8. The topological polar surface area (TPSA) is 97.1 Å².